The first kappa shape index (κ1) is 17.6. The predicted octanol–water partition coefficient (Wildman–Crippen LogP) is 3.53. The first-order valence-electron chi connectivity index (χ1n) is 8.30. The van der Waals surface area contributed by atoms with E-state index in [0.29, 0.717) is 12.0 Å². The number of aromatic nitrogens is 4. The molecule has 0 fully saturated rings. The Balaban J connectivity index is 1.91. The van der Waals surface area contributed by atoms with E-state index in [9.17, 15) is 14.3 Å². The molecule has 7 heteroatoms. The number of aromatic amines is 1. The molecule has 3 aromatic rings. The van der Waals surface area contributed by atoms with Crippen molar-refractivity contribution >= 4 is 11.5 Å². The summed E-state index contributed by atoms with van der Waals surface area (Å²) in [5, 5.41) is 16.6. The summed E-state index contributed by atoms with van der Waals surface area (Å²) in [5.74, 6) is -0.836. The highest BCUT2D eigenvalue weighted by atomic mass is 19.1. The number of aliphatic hydroxyl groups excluding tert-OH is 1. The van der Waals surface area contributed by atoms with Gasteiger partial charge in [-0.3, -0.25) is 9.89 Å². The van der Waals surface area contributed by atoms with Gasteiger partial charge in [-0.05, 0) is 36.1 Å². The number of halogens is 1. The fourth-order valence-corrected chi connectivity index (χ4v) is 2.73. The molecule has 0 atom stereocenters. The summed E-state index contributed by atoms with van der Waals surface area (Å²) in [5.41, 5.74) is 2.33. The van der Waals surface area contributed by atoms with Crippen LogP contribution in [0.5, 0.6) is 0 Å². The molecule has 0 bridgehead atoms. The second-order valence-corrected chi connectivity index (χ2v) is 5.97. The maximum absolute atomic E-state index is 13.1. The normalized spacial score (nSPS) is 11.7. The highest BCUT2D eigenvalue weighted by Crippen LogP contribution is 2.23. The van der Waals surface area contributed by atoms with Crippen molar-refractivity contribution in [2.24, 2.45) is 0 Å². The zero-order chi connectivity index (χ0) is 18.5. The summed E-state index contributed by atoms with van der Waals surface area (Å²) in [6.45, 7) is 2.85. The molecule has 0 aliphatic carbocycles. The van der Waals surface area contributed by atoms with Crippen molar-refractivity contribution in [1.29, 1.82) is 0 Å². The molecule has 134 valence electrons. The number of carbonyl (C=O) groups is 1. The molecule has 3 rings (SSSR count). The molecule has 2 N–H and O–H groups in total. The Morgan fingerprint density at radius 1 is 1.31 bits per heavy atom. The largest absolute Gasteiger partial charge is 0.507 e. The topological polar surface area (TPSA) is 83.8 Å². The van der Waals surface area contributed by atoms with Crippen molar-refractivity contribution in [3.63, 3.8) is 0 Å². The van der Waals surface area contributed by atoms with Crippen LogP contribution in [0.15, 0.2) is 49.1 Å². The van der Waals surface area contributed by atoms with E-state index < -0.39 is 5.78 Å². The standard InChI is InChI=1S/C19H19FN4O2/c1-2-7-24-10-14(8-13-3-5-15(20)6-4-13)16(11-24)17(25)9-18(26)19-21-12-22-23-19/h3-6,9-12,25H,2,7-8H2,1H3,(H,21,22,23). The molecular weight excluding hydrogens is 335 g/mol. The maximum atomic E-state index is 13.1. The van der Waals surface area contributed by atoms with Crippen LogP contribution in [-0.2, 0) is 13.0 Å². The monoisotopic (exact) mass is 354 g/mol. The SMILES string of the molecule is CCCn1cc(Cc2ccc(F)cc2)c(C(O)=CC(=O)c2ncn[nH]2)c1. The van der Waals surface area contributed by atoms with Crippen LogP contribution in [0.25, 0.3) is 5.76 Å². The Hall–Kier alpha value is -3.22. The van der Waals surface area contributed by atoms with Gasteiger partial charge in [0.2, 0.25) is 5.78 Å². The summed E-state index contributed by atoms with van der Waals surface area (Å²) in [4.78, 5) is 15.9. The van der Waals surface area contributed by atoms with Crippen LogP contribution in [0.1, 0.15) is 40.7 Å². The molecule has 26 heavy (non-hydrogen) atoms. The van der Waals surface area contributed by atoms with Crippen LogP contribution in [0.4, 0.5) is 4.39 Å². The average molecular weight is 354 g/mol. The molecule has 6 nitrogen and oxygen atoms in total. The van der Waals surface area contributed by atoms with E-state index in [1.54, 1.807) is 12.1 Å². The number of hydrogen-bond acceptors (Lipinski definition) is 4. The second-order valence-electron chi connectivity index (χ2n) is 5.97. The third-order valence-electron chi connectivity index (χ3n) is 3.94. The van der Waals surface area contributed by atoms with Gasteiger partial charge < -0.3 is 9.67 Å². The van der Waals surface area contributed by atoms with Gasteiger partial charge in [0.25, 0.3) is 0 Å². The van der Waals surface area contributed by atoms with Crippen molar-refractivity contribution in [1.82, 2.24) is 19.7 Å². The Bertz CT molecular complexity index is 912. The summed E-state index contributed by atoms with van der Waals surface area (Å²) in [6.07, 6.45) is 7.55. The van der Waals surface area contributed by atoms with Gasteiger partial charge in [0, 0.05) is 30.6 Å². The number of allylic oxidation sites excluding steroid dienone is 1. The quantitative estimate of drug-likeness (QED) is 0.386. The summed E-state index contributed by atoms with van der Waals surface area (Å²) in [7, 11) is 0. The highest BCUT2D eigenvalue weighted by Gasteiger charge is 2.14. The van der Waals surface area contributed by atoms with Gasteiger partial charge in [-0.2, -0.15) is 5.10 Å². The lowest BCUT2D eigenvalue weighted by Crippen LogP contribution is -2.00. The third-order valence-corrected chi connectivity index (χ3v) is 3.94. The van der Waals surface area contributed by atoms with E-state index in [1.165, 1.54) is 18.5 Å². The molecule has 0 saturated heterocycles. The number of aryl methyl sites for hydroxylation is 1. The Morgan fingerprint density at radius 3 is 2.73 bits per heavy atom. The van der Waals surface area contributed by atoms with E-state index >= 15 is 0 Å². The van der Waals surface area contributed by atoms with Crippen molar-refractivity contribution in [2.45, 2.75) is 26.3 Å². The van der Waals surface area contributed by atoms with Gasteiger partial charge in [0.1, 0.15) is 17.9 Å². The van der Waals surface area contributed by atoms with Crippen LogP contribution in [0.3, 0.4) is 0 Å². The minimum atomic E-state index is -0.462. The zero-order valence-corrected chi connectivity index (χ0v) is 14.3. The number of benzene rings is 1. The number of ketones is 1. The molecule has 0 saturated carbocycles. The number of rotatable bonds is 7. The number of carbonyl (C=O) groups excluding carboxylic acids is 1. The lowest BCUT2D eigenvalue weighted by atomic mass is 10.0. The number of hydrogen-bond donors (Lipinski definition) is 2. The Kier molecular flexibility index (Phi) is 5.26. The van der Waals surface area contributed by atoms with E-state index in [2.05, 4.69) is 22.1 Å². The van der Waals surface area contributed by atoms with Crippen LogP contribution in [-0.4, -0.2) is 30.6 Å². The van der Waals surface area contributed by atoms with Gasteiger partial charge in [-0.25, -0.2) is 9.37 Å². The fourth-order valence-electron chi connectivity index (χ4n) is 2.73. The number of aliphatic hydroxyl groups is 1. The first-order valence-corrected chi connectivity index (χ1v) is 8.30. The maximum Gasteiger partial charge on any atom is 0.226 e. The molecule has 0 amide bonds. The highest BCUT2D eigenvalue weighted by molar-refractivity contribution is 6.05. The van der Waals surface area contributed by atoms with Crippen molar-refractivity contribution in [3.05, 3.63) is 77.4 Å². The average Bonchev–Trinajstić information content (AvgIpc) is 3.27. The fraction of sp³-hybridized carbons (Fsp3) is 0.211. The van der Waals surface area contributed by atoms with E-state index in [-0.39, 0.29) is 17.4 Å². The van der Waals surface area contributed by atoms with Crippen molar-refractivity contribution in [3.8, 4) is 0 Å². The molecule has 2 heterocycles. The molecule has 0 unspecified atom stereocenters. The lowest BCUT2D eigenvalue weighted by Gasteiger charge is -2.04. The summed E-state index contributed by atoms with van der Waals surface area (Å²) >= 11 is 0. The summed E-state index contributed by atoms with van der Waals surface area (Å²) in [6, 6.07) is 6.22. The number of nitrogens with one attached hydrogen (secondary N) is 1. The molecule has 0 aliphatic heterocycles. The zero-order valence-electron chi connectivity index (χ0n) is 14.3. The molecular formula is C19H19FN4O2. The molecule has 1 aromatic carbocycles. The minimum absolute atomic E-state index is 0.0598. The number of nitrogens with zero attached hydrogens (tertiary/aromatic N) is 3. The predicted molar refractivity (Wildman–Crippen MR) is 95.2 cm³/mol. The van der Waals surface area contributed by atoms with Crippen LogP contribution in [0.2, 0.25) is 0 Å². The third kappa shape index (κ3) is 4.05. The Labute approximate surface area is 150 Å². The van der Waals surface area contributed by atoms with Crippen LogP contribution >= 0.6 is 0 Å². The van der Waals surface area contributed by atoms with Crippen molar-refractivity contribution < 1.29 is 14.3 Å². The van der Waals surface area contributed by atoms with E-state index in [1.807, 2.05) is 17.0 Å². The van der Waals surface area contributed by atoms with Crippen molar-refractivity contribution in [2.75, 3.05) is 0 Å². The lowest BCUT2D eigenvalue weighted by molar-refractivity contribution is 0.103. The summed E-state index contributed by atoms with van der Waals surface area (Å²) < 4.78 is 15.1. The van der Waals surface area contributed by atoms with Gasteiger partial charge >= 0.3 is 0 Å². The van der Waals surface area contributed by atoms with E-state index in [4.69, 9.17) is 0 Å². The smallest absolute Gasteiger partial charge is 0.226 e. The molecule has 2 aromatic heterocycles. The van der Waals surface area contributed by atoms with Gasteiger partial charge in [0.05, 0.1) is 0 Å². The van der Waals surface area contributed by atoms with Gasteiger partial charge in [-0.1, -0.05) is 19.1 Å². The molecule has 0 radical (unpaired) electrons. The minimum Gasteiger partial charge on any atom is -0.507 e. The Morgan fingerprint density at radius 2 is 2.08 bits per heavy atom. The van der Waals surface area contributed by atoms with E-state index in [0.717, 1.165) is 30.2 Å². The van der Waals surface area contributed by atoms with Crippen LogP contribution in [0, 0.1) is 5.82 Å². The molecule has 0 spiro atoms. The van der Waals surface area contributed by atoms with Crippen LogP contribution < -0.4 is 0 Å². The number of H-pyrrole nitrogens is 1. The first-order chi connectivity index (χ1) is 12.6. The van der Waals surface area contributed by atoms with Gasteiger partial charge in [0.15, 0.2) is 5.82 Å². The second kappa shape index (κ2) is 7.77. The van der Waals surface area contributed by atoms with Gasteiger partial charge in [-0.15, -0.1) is 0 Å². The molecule has 0 aliphatic rings.